The number of nitro benzene ring substituents is 1. The van der Waals surface area contributed by atoms with Crippen molar-refractivity contribution >= 4 is 27.1 Å². The van der Waals surface area contributed by atoms with Crippen LogP contribution in [0.2, 0.25) is 0 Å². The van der Waals surface area contributed by atoms with E-state index in [-0.39, 0.29) is 11.3 Å². The molecule has 2 aromatic rings. The molecule has 0 heterocycles. The highest BCUT2D eigenvalue weighted by molar-refractivity contribution is 7.90. The second-order valence-corrected chi connectivity index (χ2v) is 6.66. The lowest BCUT2D eigenvalue weighted by Crippen LogP contribution is -2.13. The molecule has 2 rings (SSSR count). The molecule has 0 spiro atoms. The first-order valence-electron chi connectivity index (χ1n) is 6.24. The average Bonchev–Trinajstić information content (AvgIpc) is 2.45. The monoisotopic (exact) mass is 338 g/mol. The van der Waals surface area contributed by atoms with Gasteiger partial charge in [-0.3, -0.25) is 14.9 Å². The zero-order chi connectivity index (χ0) is 17.2. The molecule has 23 heavy (non-hydrogen) atoms. The molecular weight excluding hydrogens is 327 g/mol. The second kappa shape index (κ2) is 6.13. The van der Waals surface area contributed by atoms with Crippen LogP contribution >= 0.6 is 0 Å². The van der Waals surface area contributed by atoms with Crippen molar-refractivity contribution in [1.82, 2.24) is 0 Å². The summed E-state index contributed by atoms with van der Waals surface area (Å²) < 4.78 is 36.1. The fourth-order valence-corrected chi connectivity index (χ4v) is 2.71. The van der Waals surface area contributed by atoms with Crippen LogP contribution in [0.3, 0.4) is 0 Å². The smallest absolute Gasteiger partial charge is 0.288 e. The number of nitro groups is 1. The van der Waals surface area contributed by atoms with Gasteiger partial charge in [0.1, 0.15) is 10.7 Å². The molecule has 0 aliphatic rings. The van der Waals surface area contributed by atoms with E-state index < -0.39 is 37.1 Å². The number of carbonyl (C=O) groups excluding carboxylic acids is 1. The molecule has 0 aliphatic carbocycles. The first-order valence-corrected chi connectivity index (χ1v) is 8.13. The van der Waals surface area contributed by atoms with Crippen molar-refractivity contribution in [2.24, 2.45) is 0 Å². The third kappa shape index (κ3) is 3.89. The molecule has 0 fully saturated rings. The number of nitrogens with one attached hydrogen (secondary N) is 1. The normalized spacial score (nSPS) is 11.0. The van der Waals surface area contributed by atoms with Crippen LogP contribution in [0.25, 0.3) is 0 Å². The summed E-state index contributed by atoms with van der Waals surface area (Å²) in [5.41, 5.74) is -0.641. The van der Waals surface area contributed by atoms with Gasteiger partial charge in [0.25, 0.3) is 11.6 Å². The van der Waals surface area contributed by atoms with E-state index in [1.807, 2.05) is 0 Å². The molecular formula is C14H11FN2O5S. The predicted octanol–water partition coefficient (Wildman–Crippen LogP) is 2.39. The third-order valence-corrected chi connectivity index (χ3v) is 4.04. The molecule has 0 saturated heterocycles. The molecule has 0 aromatic heterocycles. The Bertz CT molecular complexity index is 896. The van der Waals surface area contributed by atoms with Gasteiger partial charge in [-0.25, -0.2) is 12.8 Å². The number of hydrogen-bond donors (Lipinski definition) is 1. The molecule has 1 amide bonds. The van der Waals surface area contributed by atoms with E-state index in [1.54, 1.807) is 0 Å². The number of anilines is 1. The number of rotatable bonds is 4. The Kier molecular flexibility index (Phi) is 4.41. The largest absolute Gasteiger partial charge is 0.322 e. The zero-order valence-electron chi connectivity index (χ0n) is 11.8. The molecule has 0 atom stereocenters. The first-order chi connectivity index (χ1) is 10.7. The van der Waals surface area contributed by atoms with E-state index in [0.717, 1.165) is 30.5 Å². The number of halogens is 1. The molecule has 0 radical (unpaired) electrons. The molecule has 7 nitrogen and oxygen atoms in total. The number of nitrogens with zero attached hydrogens (tertiary/aromatic N) is 1. The second-order valence-electron chi connectivity index (χ2n) is 4.68. The fourth-order valence-electron chi connectivity index (χ4n) is 1.88. The molecule has 9 heteroatoms. The number of benzene rings is 2. The van der Waals surface area contributed by atoms with Gasteiger partial charge in [0.15, 0.2) is 9.84 Å². The summed E-state index contributed by atoms with van der Waals surface area (Å²) >= 11 is 0. The average molecular weight is 338 g/mol. The predicted molar refractivity (Wildman–Crippen MR) is 80.6 cm³/mol. The Labute approximate surface area is 130 Å². The van der Waals surface area contributed by atoms with Crippen LogP contribution < -0.4 is 5.32 Å². The van der Waals surface area contributed by atoms with E-state index in [4.69, 9.17) is 0 Å². The summed E-state index contributed by atoms with van der Waals surface area (Å²) in [6, 6.07) is 8.12. The van der Waals surface area contributed by atoms with Crippen molar-refractivity contribution in [3.8, 4) is 0 Å². The van der Waals surface area contributed by atoms with Gasteiger partial charge in [-0.1, -0.05) is 6.07 Å². The van der Waals surface area contributed by atoms with Crippen molar-refractivity contribution in [2.75, 3.05) is 11.6 Å². The van der Waals surface area contributed by atoms with Crippen LogP contribution in [0.5, 0.6) is 0 Å². The summed E-state index contributed by atoms with van der Waals surface area (Å²) in [4.78, 5) is 21.7. The van der Waals surface area contributed by atoms with Gasteiger partial charge in [0.05, 0.1) is 4.92 Å². The van der Waals surface area contributed by atoms with Crippen molar-refractivity contribution in [2.45, 2.75) is 4.90 Å². The Morgan fingerprint density at radius 2 is 1.91 bits per heavy atom. The van der Waals surface area contributed by atoms with Crippen molar-refractivity contribution < 1.29 is 22.5 Å². The van der Waals surface area contributed by atoms with E-state index >= 15 is 0 Å². The first kappa shape index (κ1) is 16.6. The van der Waals surface area contributed by atoms with E-state index in [2.05, 4.69) is 5.32 Å². The van der Waals surface area contributed by atoms with Gasteiger partial charge < -0.3 is 5.32 Å². The third-order valence-electron chi connectivity index (χ3n) is 2.90. The van der Waals surface area contributed by atoms with E-state index in [9.17, 15) is 27.7 Å². The van der Waals surface area contributed by atoms with Crippen LogP contribution in [0.15, 0.2) is 47.4 Å². The van der Waals surface area contributed by atoms with Gasteiger partial charge in [-0.2, -0.15) is 0 Å². The fraction of sp³-hybridized carbons (Fsp3) is 0.0714. The highest BCUT2D eigenvalue weighted by Crippen LogP contribution is 2.25. The zero-order valence-corrected chi connectivity index (χ0v) is 12.6. The Hall–Kier alpha value is -2.81. The van der Waals surface area contributed by atoms with Gasteiger partial charge in [-0.15, -0.1) is 0 Å². The maximum Gasteiger partial charge on any atom is 0.288 e. The summed E-state index contributed by atoms with van der Waals surface area (Å²) in [6.07, 6.45) is 0.835. The van der Waals surface area contributed by atoms with Crippen LogP contribution in [0, 0.1) is 15.9 Å². The standard InChI is InChI=1S/C14H11FN2O5S/c1-23(21,22)13-6-5-9(7-12(13)17(19)20)14(18)16-11-4-2-3-10(15)8-11/h2-8H,1H3,(H,16,18). The SMILES string of the molecule is CS(=O)(=O)c1ccc(C(=O)Nc2cccc(F)c2)cc1[N+](=O)[O-]. The molecule has 0 aliphatic heterocycles. The lowest BCUT2D eigenvalue weighted by atomic mass is 10.2. The molecule has 0 saturated carbocycles. The summed E-state index contributed by atoms with van der Waals surface area (Å²) in [7, 11) is -3.81. The summed E-state index contributed by atoms with van der Waals surface area (Å²) in [5, 5.41) is 13.4. The quantitative estimate of drug-likeness (QED) is 0.680. The maximum absolute atomic E-state index is 13.1. The van der Waals surface area contributed by atoms with E-state index in [0.29, 0.717) is 0 Å². The van der Waals surface area contributed by atoms with Crippen molar-refractivity contribution in [1.29, 1.82) is 0 Å². The van der Waals surface area contributed by atoms with Crippen LogP contribution in [0.1, 0.15) is 10.4 Å². The topological polar surface area (TPSA) is 106 Å². The molecule has 0 unspecified atom stereocenters. The molecule has 2 aromatic carbocycles. The van der Waals surface area contributed by atoms with Crippen LogP contribution in [-0.4, -0.2) is 25.5 Å². The minimum atomic E-state index is -3.81. The van der Waals surface area contributed by atoms with Crippen LogP contribution in [-0.2, 0) is 9.84 Å². The van der Waals surface area contributed by atoms with Crippen molar-refractivity contribution in [3.63, 3.8) is 0 Å². The number of amides is 1. The Balaban J connectivity index is 2.39. The van der Waals surface area contributed by atoms with Gasteiger partial charge in [0.2, 0.25) is 0 Å². The number of sulfone groups is 1. The van der Waals surface area contributed by atoms with Gasteiger partial charge >= 0.3 is 0 Å². The lowest BCUT2D eigenvalue weighted by molar-refractivity contribution is -0.387. The van der Waals surface area contributed by atoms with Crippen LogP contribution in [0.4, 0.5) is 15.8 Å². The van der Waals surface area contributed by atoms with Gasteiger partial charge in [-0.05, 0) is 30.3 Å². The molecule has 120 valence electrons. The Morgan fingerprint density at radius 1 is 1.22 bits per heavy atom. The Morgan fingerprint density at radius 3 is 2.48 bits per heavy atom. The minimum absolute atomic E-state index is 0.117. The highest BCUT2D eigenvalue weighted by Gasteiger charge is 2.24. The molecule has 1 N–H and O–H groups in total. The van der Waals surface area contributed by atoms with Crippen molar-refractivity contribution in [3.05, 3.63) is 64.0 Å². The van der Waals surface area contributed by atoms with Gasteiger partial charge in [0, 0.05) is 23.6 Å². The minimum Gasteiger partial charge on any atom is -0.322 e. The summed E-state index contributed by atoms with van der Waals surface area (Å²) in [5.74, 6) is -1.28. The lowest BCUT2D eigenvalue weighted by Gasteiger charge is -2.07. The molecule has 0 bridgehead atoms. The summed E-state index contributed by atoms with van der Waals surface area (Å²) in [6.45, 7) is 0. The van der Waals surface area contributed by atoms with E-state index in [1.165, 1.54) is 18.2 Å². The highest BCUT2D eigenvalue weighted by atomic mass is 32.2. The number of carbonyl (C=O) groups is 1. The maximum atomic E-state index is 13.1. The number of hydrogen-bond acceptors (Lipinski definition) is 5.